The third kappa shape index (κ3) is 1.63. The minimum Gasteiger partial charge on any atom is -0.297 e. The standard InChI is InChI=1S/C10H15NO/c1-6-4-7(2)9(5-6)10(11)8(3)12/h6,11H,4-5H2,1-3H3/t6-/m0/s1. The van der Waals surface area contributed by atoms with E-state index in [0.717, 1.165) is 18.4 Å². The quantitative estimate of drug-likeness (QED) is 0.627. The summed E-state index contributed by atoms with van der Waals surface area (Å²) in [7, 11) is 0. The number of ketones is 1. The van der Waals surface area contributed by atoms with E-state index in [1.54, 1.807) is 0 Å². The number of rotatable bonds is 2. The van der Waals surface area contributed by atoms with Crippen molar-refractivity contribution in [2.75, 3.05) is 0 Å². The molecule has 12 heavy (non-hydrogen) atoms. The molecular weight excluding hydrogens is 150 g/mol. The first-order valence-electron chi connectivity index (χ1n) is 4.31. The molecule has 0 spiro atoms. The fraction of sp³-hybridized carbons (Fsp3) is 0.600. The first-order chi connectivity index (χ1) is 5.52. The summed E-state index contributed by atoms with van der Waals surface area (Å²) < 4.78 is 0. The third-order valence-corrected chi connectivity index (χ3v) is 2.38. The van der Waals surface area contributed by atoms with E-state index < -0.39 is 0 Å². The van der Waals surface area contributed by atoms with Crippen LogP contribution in [0.3, 0.4) is 0 Å². The Morgan fingerprint density at radius 1 is 1.50 bits per heavy atom. The van der Waals surface area contributed by atoms with Crippen molar-refractivity contribution in [1.82, 2.24) is 0 Å². The normalized spacial score (nSPS) is 23.1. The molecule has 2 nitrogen and oxygen atoms in total. The van der Waals surface area contributed by atoms with Gasteiger partial charge in [0.25, 0.3) is 0 Å². The van der Waals surface area contributed by atoms with Crippen molar-refractivity contribution < 1.29 is 4.79 Å². The molecule has 0 heterocycles. The topological polar surface area (TPSA) is 40.9 Å². The molecule has 1 aliphatic rings. The van der Waals surface area contributed by atoms with Crippen LogP contribution in [0.1, 0.15) is 33.6 Å². The van der Waals surface area contributed by atoms with Crippen molar-refractivity contribution in [3.05, 3.63) is 11.1 Å². The molecule has 0 amide bonds. The highest BCUT2D eigenvalue weighted by atomic mass is 16.1. The lowest BCUT2D eigenvalue weighted by atomic mass is 10.0. The summed E-state index contributed by atoms with van der Waals surface area (Å²) in [6, 6.07) is 0. The van der Waals surface area contributed by atoms with Gasteiger partial charge in [-0.05, 0) is 31.3 Å². The first kappa shape index (κ1) is 9.17. The Labute approximate surface area is 73.2 Å². The Bertz CT molecular complexity index is 263. The maximum atomic E-state index is 10.9. The molecule has 0 aliphatic heterocycles. The summed E-state index contributed by atoms with van der Waals surface area (Å²) in [5, 5.41) is 7.55. The van der Waals surface area contributed by atoms with E-state index in [0.29, 0.717) is 5.92 Å². The lowest BCUT2D eigenvalue weighted by molar-refractivity contribution is -0.111. The van der Waals surface area contributed by atoms with Crippen LogP contribution in [-0.4, -0.2) is 11.5 Å². The van der Waals surface area contributed by atoms with Gasteiger partial charge in [0.1, 0.15) is 0 Å². The average molecular weight is 165 g/mol. The van der Waals surface area contributed by atoms with Crippen LogP contribution >= 0.6 is 0 Å². The van der Waals surface area contributed by atoms with Crippen molar-refractivity contribution >= 4 is 11.5 Å². The highest BCUT2D eigenvalue weighted by Gasteiger charge is 2.22. The Morgan fingerprint density at radius 2 is 2.08 bits per heavy atom. The Hall–Kier alpha value is -0.920. The molecule has 1 rings (SSSR count). The monoisotopic (exact) mass is 165 g/mol. The summed E-state index contributed by atoms with van der Waals surface area (Å²) in [5.41, 5.74) is 2.43. The number of carbonyl (C=O) groups is 1. The predicted octanol–water partition coefficient (Wildman–Crippen LogP) is 2.34. The van der Waals surface area contributed by atoms with Crippen molar-refractivity contribution in [3.63, 3.8) is 0 Å². The highest BCUT2D eigenvalue weighted by Crippen LogP contribution is 2.31. The van der Waals surface area contributed by atoms with Crippen LogP contribution < -0.4 is 0 Å². The lowest BCUT2D eigenvalue weighted by Gasteiger charge is -2.02. The molecule has 0 aromatic rings. The first-order valence-corrected chi connectivity index (χ1v) is 4.31. The molecule has 0 saturated heterocycles. The maximum Gasteiger partial charge on any atom is 0.177 e. The number of carbonyl (C=O) groups excluding carboxylic acids is 1. The summed E-state index contributed by atoms with van der Waals surface area (Å²) in [5.74, 6) is 0.498. The maximum absolute atomic E-state index is 10.9. The van der Waals surface area contributed by atoms with E-state index in [4.69, 9.17) is 5.41 Å². The molecule has 0 saturated carbocycles. The third-order valence-electron chi connectivity index (χ3n) is 2.38. The van der Waals surface area contributed by atoms with Gasteiger partial charge in [0, 0.05) is 6.92 Å². The smallest absolute Gasteiger partial charge is 0.177 e. The largest absolute Gasteiger partial charge is 0.297 e. The van der Waals surface area contributed by atoms with Gasteiger partial charge in [-0.1, -0.05) is 12.5 Å². The van der Waals surface area contributed by atoms with Crippen molar-refractivity contribution in [2.45, 2.75) is 33.6 Å². The fourth-order valence-electron chi connectivity index (χ4n) is 1.77. The Balaban J connectivity index is 2.83. The minimum atomic E-state index is -0.113. The predicted molar refractivity (Wildman–Crippen MR) is 49.5 cm³/mol. The van der Waals surface area contributed by atoms with Gasteiger partial charge in [-0.2, -0.15) is 0 Å². The van der Waals surface area contributed by atoms with Gasteiger partial charge in [-0.25, -0.2) is 0 Å². The van der Waals surface area contributed by atoms with Gasteiger partial charge in [-0.15, -0.1) is 0 Å². The molecule has 66 valence electrons. The van der Waals surface area contributed by atoms with Crippen LogP contribution in [0.5, 0.6) is 0 Å². The van der Waals surface area contributed by atoms with Crippen molar-refractivity contribution in [3.8, 4) is 0 Å². The van der Waals surface area contributed by atoms with E-state index in [2.05, 4.69) is 6.92 Å². The zero-order valence-corrected chi connectivity index (χ0v) is 7.90. The SMILES string of the molecule is CC(=O)C(=N)C1=C(C)C[C@H](C)C1. The van der Waals surface area contributed by atoms with Crippen molar-refractivity contribution in [2.24, 2.45) is 5.92 Å². The zero-order chi connectivity index (χ0) is 9.30. The van der Waals surface area contributed by atoms with Gasteiger partial charge in [0.15, 0.2) is 5.78 Å². The molecule has 0 aromatic heterocycles. The molecular formula is C10H15NO. The highest BCUT2D eigenvalue weighted by molar-refractivity contribution is 6.44. The Morgan fingerprint density at radius 3 is 2.42 bits per heavy atom. The molecule has 0 unspecified atom stereocenters. The second-order valence-corrected chi connectivity index (χ2v) is 3.70. The van der Waals surface area contributed by atoms with Crippen molar-refractivity contribution in [1.29, 1.82) is 5.41 Å². The van der Waals surface area contributed by atoms with Gasteiger partial charge in [0.05, 0.1) is 5.71 Å². The number of hydrogen-bond donors (Lipinski definition) is 1. The van der Waals surface area contributed by atoms with Crippen LogP contribution in [0.25, 0.3) is 0 Å². The molecule has 1 N–H and O–H groups in total. The van der Waals surface area contributed by atoms with Gasteiger partial charge in [-0.3, -0.25) is 10.2 Å². The van der Waals surface area contributed by atoms with E-state index >= 15 is 0 Å². The van der Waals surface area contributed by atoms with Crippen LogP contribution in [-0.2, 0) is 4.79 Å². The average Bonchev–Trinajstić information content (AvgIpc) is 2.28. The van der Waals surface area contributed by atoms with E-state index in [9.17, 15) is 4.79 Å². The molecule has 2 heteroatoms. The van der Waals surface area contributed by atoms with Gasteiger partial charge >= 0.3 is 0 Å². The molecule has 0 aromatic carbocycles. The van der Waals surface area contributed by atoms with Crippen LogP contribution in [0.15, 0.2) is 11.1 Å². The van der Waals surface area contributed by atoms with E-state index in [1.165, 1.54) is 12.5 Å². The molecule has 1 atom stereocenters. The Kier molecular flexibility index (Phi) is 2.46. The lowest BCUT2D eigenvalue weighted by Crippen LogP contribution is -2.11. The number of hydrogen-bond acceptors (Lipinski definition) is 2. The number of allylic oxidation sites excluding steroid dienone is 2. The molecule has 0 fully saturated rings. The summed E-state index contributed by atoms with van der Waals surface area (Å²) >= 11 is 0. The molecule has 0 radical (unpaired) electrons. The second-order valence-electron chi connectivity index (χ2n) is 3.70. The second kappa shape index (κ2) is 3.21. The van der Waals surface area contributed by atoms with Crippen LogP contribution in [0, 0.1) is 11.3 Å². The summed E-state index contributed by atoms with van der Waals surface area (Å²) in [6.07, 6.45) is 1.95. The van der Waals surface area contributed by atoms with Crippen LogP contribution in [0.4, 0.5) is 0 Å². The molecule has 0 bridgehead atoms. The zero-order valence-electron chi connectivity index (χ0n) is 7.90. The van der Waals surface area contributed by atoms with Gasteiger partial charge in [0.2, 0.25) is 0 Å². The number of Topliss-reactive ketones (excluding diaryl/α,β-unsaturated/α-hetero) is 1. The van der Waals surface area contributed by atoms with E-state index in [1.807, 2.05) is 6.92 Å². The molecule has 1 aliphatic carbocycles. The minimum absolute atomic E-state index is 0.113. The summed E-state index contributed by atoms with van der Waals surface area (Å²) in [4.78, 5) is 10.9. The fourth-order valence-corrected chi connectivity index (χ4v) is 1.77. The summed E-state index contributed by atoms with van der Waals surface area (Å²) in [6.45, 7) is 5.64. The number of nitrogens with one attached hydrogen (secondary N) is 1. The van der Waals surface area contributed by atoms with Gasteiger partial charge < -0.3 is 0 Å². The van der Waals surface area contributed by atoms with Crippen LogP contribution in [0.2, 0.25) is 0 Å². The van der Waals surface area contributed by atoms with E-state index in [-0.39, 0.29) is 11.5 Å².